The smallest absolute Gasteiger partial charge is 0.235 e. The first-order chi connectivity index (χ1) is 16.6. The van der Waals surface area contributed by atoms with E-state index < -0.39 is 0 Å². The molecule has 2 aromatic heterocycles. The lowest BCUT2D eigenvalue weighted by Gasteiger charge is -2.36. The third-order valence-electron chi connectivity index (χ3n) is 6.32. The van der Waals surface area contributed by atoms with Crippen LogP contribution in [0.1, 0.15) is 36.4 Å². The standard InChI is InChI=1S/C27H26N2O5/c1-32-19-7-9-20(10-8-19)34-25-17-33-27-21(26(25)31)11-12-24(30)22(27)16-29-14-3-2-6-23(29)18-5-4-13-28-15-18/h4-5,7-13,15,17,23,30H,2-3,6,14,16H2,1H3/t23-/m0/s1. The van der Waals surface area contributed by atoms with Crippen LogP contribution in [0.15, 0.2) is 76.4 Å². The second-order valence-electron chi connectivity index (χ2n) is 8.42. The second kappa shape index (κ2) is 9.57. The molecular weight excluding hydrogens is 432 g/mol. The maximum Gasteiger partial charge on any atom is 0.235 e. The molecule has 1 aliphatic heterocycles. The molecule has 0 amide bonds. The number of piperidine rings is 1. The van der Waals surface area contributed by atoms with Gasteiger partial charge in [0.25, 0.3) is 0 Å². The van der Waals surface area contributed by atoms with E-state index in [0.717, 1.165) is 31.4 Å². The van der Waals surface area contributed by atoms with Crippen molar-refractivity contribution < 1.29 is 19.0 Å². The average molecular weight is 459 g/mol. The Morgan fingerprint density at radius 1 is 1.12 bits per heavy atom. The van der Waals surface area contributed by atoms with Crippen LogP contribution >= 0.6 is 0 Å². The van der Waals surface area contributed by atoms with Crippen LogP contribution in [-0.2, 0) is 6.54 Å². The molecule has 7 nitrogen and oxygen atoms in total. The van der Waals surface area contributed by atoms with Gasteiger partial charge in [-0.25, -0.2) is 0 Å². The summed E-state index contributed by atoms with van der Waals surface area (Å²) in [4.78, 5) is 19.8. The number of pyridine rings is 1. The number of likely N-dealkylation sites (tertiary alicyclic amines) is 1. The molecule has 2 aromatic carbocycles. The van der Waals surface area contributed by atoms with Gasteiger partial charge in [0.15, 0.2) is 0 Å². The van der Waals surface area contributed by atoms with Gasteiger partial charge in [-0.05, 0) is 67.4 Å². The van der Waals surface area contributed by atoms with Crippen LogP contribution in [0.2, 0.25) is 0 Å². The van der Waals surface area contributed by atoms with Crippen molar-refractivity contribution in [2.45, 2.75) is 31.8 Å². The summed E-state index contributed by atoms with van der Waals surface area (Å²) in [6.07, 6.45) is 8.21. The number of ether oxygens (including phenoxy) is 2. The minimum atomic E-state index is -0.291. The zero-order chi connectivity index (χ0) is 23.5. The molecule has 0 unspecified atom stereocenters. The lowest BCUT2D eigenvalue weighted by molar-refractivity contribution is 0.139. The van der Waals surface area contributed by atoms with E-state index in [1.807, 2.05) is 12.3 Å². The van der Waals surface area contributed by atoms with Crippen molar-refractivity contribution >= 4 is 11.0 Å². The molecule has 0 radical (unpaired) electrons. The summed E-state index contributed by atoms with van der Waals surface area (Å²) >= 11 is 0. The molecule has 0 aliphatic carbocycles. The molecule has 0 spiro atoms. The zero-order valence-corrected chi connectivity index (χ0v) is 18.9. The van der Waals surface area contributed by atoms with E-state index in [9.17, 15) is 9.90 Å². The Morgan fingerprint density at radius 3 is 2.71 bits per heavy atom. The number of hydrogen-bond donors (Lipinski definition) is 1. The largest absolute Gasteiger partial charge is 0.507 e. The van der Waals surface area contributed by atoms with E-state index in [0.29, 0.717) is 34.6 Å². The highest BCUT2D eigenvalue weighted by atomic mass is 16.5. The summed E-state index contributed by atoms with van der Waals surface area (Å²) in [5, 5.41) is 11.1. The number of rotatable bonds is 6. The molecule has 7 heteroatoms. The van der Waals surface area contributed by atoms with Gasteiger partial charge in [0, 0.05) is 25.0 Å². The molecule has 0 saturated carbocycles. The topological polar surface area (TPSA) is 85.0 Å². The van der Waals surface area contributed by atoms with Crippen molar-refractivity contribution in [3.05, 3.63) is 88.5 Å². The van der Waals surface area contributed by atoms with Crippen LogP contribution in [-0.4, -0.2) is 28.6 Å². The Hall–Kier alpha value is -3.84. The van der Waals surface area contributed by atoms with Crippen LogP contribution in [0.3, 0.4) is 0 Å². The van der Waals surface area contributed by atoms with E-state index in [-0.39, 0.29) is 23.0 Å². The van der Waals surface area contributed by atoms with Crippen molar-refractivity contribution in [1.29, 1.82) is 0 Å². The van der Waals surface area contributed by atoms with Crippen LogP contribution < -0.4 is 14.9 Å². The highest BCUT2D eigenvalue weighted by Gasteiger charge is 2.26. The molecule has 1 fully saturated rings. The predicted molar refractivity (Wildman–Crippen MR) is 128 cm³/mol. The van der Waals surface area contributed by atoms with Crippen molar-refractivity contribution in [3.63, 3.8) is 0 Å². The summed E-state index contributed by atoms with van der Waals surface area (Å²) in [6, 6.07) is 14.3. The second-order valence-corrected chi connectivity index (χ2v) is 8.42. The molecule has 4 aromatic rings. The van der Waals surface area contributed by atoms with Gasteiger partial charge in [0.05, 0.1) is 18.1 Å². The molecule has 1 aliphatic rings. The number of hydrogen-bond acceptors (Lipinski definition) is 7. The van der Waals surface area contributed by atoms with Gasteiger partial charge in [0.1, 0.15) is 29.1 Å². The Bertz CT molecular complexity index is 1340. The van der Waals surface area contributed by atoms with E-state index in [1.54, 1.807) is 49.7 Å². The van der Waals surface area contributed by atoms with E-state index in [4.69, 9.17) is 13.9 Å². The van der Waals surface area contributed by atoms with Gasteiger partial charge >= 0.3 is 0 Å². The fraction of sp³-hybridized carbons (Fsp3) is 0.259. The summed E-state index contributed by atoms with van der Waals surface area (Å²) in [5.74, 6) is 1.38. The maximum atomic E-state index is 13.2. The van der Waals surface area contributed by atoms with E-state index in [1.165, 1.54) is 6.26 Å². The van der Waals surface area contributed by atoms with Gasteiger partial charge < -0.3 is 19.0 Å². The molecule has 5 rings (SSSR count). The fourth-order valence-corrected chi connectivity index (χ4v) is 4.56. The van der Waals surface area contributed by atoms with Gasteiger partial charge in [-0.2, -0.15) is 0 Å². The van der Waals surface area contributed by atoms with Gasteiger partial charge in [-0.15, -0.1) is 0 Å². The van der Waals surface area contributed by atoms with Crippen molar-refractivity contribution in [2.75, 3.05) is 13.7 Å². The monoisotopic (exact) mass is 458 g/mol. The number of methoxy groups -OCH3 is 1. The van der Waals surface area contributed by atoms with Gasteiger partial charge in [-0.3, -0.25) is 14.7 Å². The first kappa shape index (κ1) is 22.0. The molecule has 1 atom stereocenters. The number of nitrogens with zero attached hydrogens (tertiary/aromatic N) is 2. The normalized spacial score (nSPS) is 16.4. The Balaban J connectivity index is 1.47. The van der Waals surface area contributed by atoms with Crippen molar-refractivity contribution in [1.82, 2.24) is 9.88 Å². The molecule has 1 saturated heterocycles. The number of aromatic hydroxyl groups is 1. The lowest BCUT2D eigenvalue weighted by Crippen LogP contribution is -2.33. The number of aromatic nitrogens is 1. The van der Waals surface area contributed by atoms with Gasteiger partial charge in [0.2, 0.25) is 11.2 Å². The number of benzene rings is 2. The summed E-state index contributed by atoms with van der Waals surface area (Å²) < 4.78 is 16.8. The summed E-state index contributed by atoms with van der Waals surface area (Å²) in [6.45, 7) is 1.35. The summed E-state index contributed by atoms with van der Waals surface area (Å²) in [5.41, 5.74) is 1.84. The number of phenolic OH excluding ortho intramolecular Hbond substituents is 1. The van der Waals surface area contributed by atoms with Crippen LogP contribution in [0, 0.1) is 0 Å². The minimum absolute atomic E-state index is 0.0838. The zero-order valence-electron chi connectivity index (χ0n) is 18.9. The third kappa shape index (κ3) is 4.34. The van der Waals surface area contributed by atoms with Gasteiger partial charge in [-0.1, -0.05) is 12.5 Å². The quantitative estimate of drug-likeness (QED) is 0.413. The number of fused-ring (bicyclic) bond motifs is 1. The van der Waals surface area contributed by atoms with E-state index in [2.05, 4.69) is 16.0 Å². The number of phenols is 1. The molecule has 1 N–H and O–H groups in total. The highest BCUT2D eigenvalue weighted by Crippen LogP contribution is 2.35. The Kier molecular flexibility index (Phi) is 6.18. The average Bonchev–Trinajstić information content (AvgIpc) is 2.88. The van der Waals surface area contributed by atoms with Crippen molar-refractivity contribution in [3.8, 4) is 23.0 Å². The van der Waals surface area contributed by atoms with Crippen molar-refractivity contribution in [2.24, 2.45) is 0 Å². The van der Waals surface area contributed by atoms with Crippen LogP contribution in [0.5, 0.6) is 23.0 Å². The molecule has 174 valence electrons. The SMILES string of the molecule is COc1ccc(Oc2coc3c(CN4CCCC[C@H]4c4cccnc4)c(O)ccc3c2=O)cc1. The third-order valence-corrected chi connectivity index (χ3v) is 6.32. The first-order valence-electron chi connectivity index (χ1n) is 11.4. The molecule has 34 heavy (non-hydrogen) atoms. The molecular formula is C27H26N2O5. The first-order valence-corrected chi connectivity index (χ1v) is 11.4. The minimum Gasteiger partial charge on any atom is -0.507 e. The fourth-order valence-electron chi connectivity index (χ4n) is 4.56. The van der Waals surface area contributed by atoms with Crippen LogP contribution in [0.4, 0.5) is 0 Å². The lowest BCUT2D eigenvalue weighted by atomic mass is 9.95. The highest BCUT2D eigenvalue weighted by molar-refractivity contribution is 5.83. The molecule has 3 heterocycles. The maximum absolute atomic E-state index is 13.2. The van der Waals surface area contributed by atoms with Crippen LogP contribution in [0.25, 0.3) is 11.0 Å². The summed E-state index contributed by atoms with van der Waals surface area (Å²) in [7, 11) is 1.59. The Labute approximate surface area is 197 Å². The Morgan fingerprint density at radius 2 is 1.94 bits per heavy atom. The van der Waals surface area contributed by atoms with E-state index >= 15 is 0 Å². The molecule has 0 bridgehead atoms. The predicted octanol–water partition coefficient (Wildman–Crippen LogP) is 5.42.